The molecule has 0 heterocycles. The van der Waals surface area contributed by atoms with Gasteiger partial charge in [0.05, 0.1) is 0 Å². The van der Waals surface area contributed by atoms with Crippen molar-refractivity contribution >= 4 is 21.5 Å². The predicted molar refractivity (Wildman–Crippen MR) is 127 cm³/mol. The van der Waals surface area contributed by atoms with Crippen LogP contribution in [0.5, 0.6) is 0 Å². The number of fused-ring (bicyclic) bond motifs is 2. The minimum absolute atomic E-state index is 0. The van der Waals surface area contributed by atoms with Gasteiger partial charge >= 0.3 is 0 Å². The normalized spacial score (nSPS) is 11.1. The summed E-state index contributed by atoms with van der Waals surface area (Å²) in [6.07, 6.45) is 0. The molecule has 0 saturated heterocycles. The van der Waals surface area contributed by atoms with Crippen LogP contribution in [0.25, 0.3) is 21.5 Å². The molecule has 0 aliphatic rings. The van der Waals surface area contributed by atoms with Crippen LogP contribution in [0.15, 0.2) is 36.4 Å². The van der Waals surface area contributed by atoms with Crippen molar-refractivity contribution in [1.82, 2.24) is 0 Å². The van der Waals surface area contributed by atoms with E-state index in [-0.39, 0.29) is 7.43 Å². The number of aryl methyl sites for hydroxylation is 1. The third-order valence-electron chi connectivity index (χ3n) is 5.27. The molecule has 148 valence electrons. The maximum absolute atomic E-state index is 2.43. The molecular weight excluding hydrogens is 324 g/mol. The van der Waals surface area contributed by atoms with E-state index < -0.39 is 0 Å². The van der Waals surface area contributed by atoms with Gasteiger partial charge in [-0.3, -0.25) is 0 Å². The van der Waals surface area contributed by atoms with Crippen molar-refractivity contribution < 1.29 is 0 Å². The van der Waals surface area contributed by atoms with Crippen molar-refractivity contribution in [3.05, 3.63) is 58.7 Å². The van der Waals surface area contributed by atoms with Crippen LogP contribution in [0, 0.1) is 6.92 Å². The molecule has 27 heavy (non-hydrogen) atoms. The fraction of sp³-hybridized carbons (Fsp3) is 0.481. The van der Waals surface area contributed by atoms with Gasteiger partial charge in [0.25, 0.3) is 0 Å². The fourth-order valence-electron chi connectivity index (χ4n) is 4.23. The van der Waals surface area contributed by atoms with Gasteiger partial charge < -0.3 is 0 Å². The highest BCUT2D eigenvalue weighted by molar-refractivity contribution is 6.02. The molecular formula is C27H40. The highest BCUT2D eigenvalue weighted by atomic mass is 14.2. The Kier molecular flexibility index (Phi) is 8.08. The van der Waals surface area contributed by atoms with Gasteiger partial charge in [0.1, 0.15) is 0 Å². The van der Waals surface area contributed by atoms with Crippen LogP contribution in [0.2, 0.25) is 0 Å². The van der Waals surface area contributed by atoms with Gasteiger partial charge in [-0.25, -0.2) is 0 Å². The lowest BCUT2D eigenvalue weighted by Gasteiger charge is -2.20. The van der Waals surface area contributed by atoms with Gasteiger partial charge in [-0.1, -0.05) is 87.1 Å². The molecule has 0 aromatic heterocycles. The van der Waals surface area contributed by atoms with Crippen LogP contribution < -0.4 is 0 Å². The first-order valence-corrected chi connectivity index (χ1v) is 10.3. The summed E-state index contributed by atoms with van der Waals surface area (Å²) in [6.45, 7) is 20.1. The molecule has 0 nitrogen and oxygen atoms in total. The summed E-state index contributed by atoms with van der Waals surface area (Å²) in [5, 5.41) is 5.61. The summed E-state index contributed by atoms with van der Waals surface area (Å²) >= 11 is 0. The molecule has 0 aliphatic carbocycles. The molecule has 0 spiro atoms. The maximum Gasteiger partial charge on any atom is -0.0140 e. The molecule has 0 bridgehead atoms. The van der Waals surface area contributed by atoms with Crippen molar-refractivity contribution in [2.45, 2.75) is 87.5 Å². The van der Waals surface area contributed by atoms with Crippen LogP contribution in [0.3, 0.4) is 0 Å². The van der Waals surface area contributed by atoms with E-state index in [4.69, 9.17) is 0 Å². The number of hydrogen-bond donors (Lipinski definition) is 0. The third kappa shape index (κ3) is 4.37. The van der Waals surface area contributed by atoms with Crippen LogP contribution >= 0.6 is 0 Å². The molecule has 0 saturated carbocycles. The molecule has 3 rings (SSSR count). The summed E-state index contributed by atoms with van der Waals surface area (Å²) in [5.74, 6) is 1.65. The summed E-state index contributed by atoms with van der Waals surface area (Å²) < 4.78 is 0. The minimum Gasteiger partial charge on any atom is -0.0776 e. The Labute approximate surface area is 168 Å². The Morgan fingerprint density at radius 2 is 1.04 bits per heavy atom. The quantitative estimate of drug-likeness (QED) is 0.406. The Bertz CT molecular complexity index is 895. The lowest BCUT2D eigenvalue weighted by atomic mass is 9.84. The van der Waals surface area contributed by atoms with Crippen molar-refractivity contribution in [1.29, 1.82) is 0 Å². The summed E-state index contributed by atoms with van der Waals surface area (Å²) in [4.78, 5) is 0. The third-order valence-corrected chi connectivity index (χ3v) is 5.27. The highest BCUT2D eigenvalue weighted by Gasteiger charge is 2.16. The first-order chi connectivity index (χ1) is 12.3. The molecule has 0 aliphatic heterocycles. The van der Waals surface area contributed by atoms with Gasteiger partial charge in [-0.05, 0) is 80.6 Å². The molecule has 3 aromatic rings. The van der Waals surface area contributed by atoms with E-state index in [9.17, 15) is 0 Å². The van der Waals surface area contributed by atoms with Crippen LogP contribution in [0.4, 0.5) is 0 Å². The van der Waals surface area contributed by atoms with Gasteiger partial charge in [-0.2, -0.15) is 0 Å². The van der Waals surface area contributed by atoms with Gasteiger partial charge in [0.2, 0.25) is 0 Å². The minimum atomic E-state index is 0. The van der Waals surface area contributed by atoms with E-state index in [1.54, 1.807) is 0 Å². The van der Waals surface area contributed by atoms with Crippen molar-refractivity contribution in [3.63, 3.8) is 0 Å². The van der Waals surface area contributed by atoms with Crippen LogP contribution in [-0.2, 0) is 0 Å². The van der Waals surface area contributed by atoms with Crippen molar-refractivity contribution in [2.24, 2.45) is 0 Å². The Hall–Kier alpha value is -1.82. The molecule has 3 aromatic carbocycles. The van der Waals surface area contributed by atoms with E-state index in [2.05, 4.69) is 84.9 Å². The summed E-state index contributed by atoms with van der Waals surface area (Å²) in [7, 11) is 0. The molecule has 0 N–H and O–H groups in total. The summed E-state index contributed by atoms with van der Waals surface area (Å²) in [6, 6.07) is 14.1. The van der Waals surface area contributed by atoms with Gasteiger partial charge in [0, 0.05) is 0 Å². The second-order valence-corrected chi connectivity index (χ2v) is 8.12. The number of benzene rings is 3. The average Bonchev–Trinajstić information content (AvgIpc) is 2.60. The first-order valence-electron chi connectivity index (χ1n) is 10.3. The topological polar surface area (TPSA) is 0 Å². The molecule has 0 atom stereocenters. The second kappa shape index (κ2) is 9.40. The fourth-order valence-corrected chi connectivity index (χ4v) is 4.23. The lowest BCUT2D eigenvalue weighted by Crippen LogP contribution is -2.00. The van der Waals surface area contributed by atoms with E-state index in [0.717, 1.165) is 0 Å². The van der Waals surface area contributed by atoms with Crippen LogP contribution in [-0.4, -0.2) is 0 Å². The van der Waals surface area contributed by atoms with E-state index in [0.29, 0.717) is 17.8 Å². The van der Waals surface area contributed by atoms with E-state index in [1.807, 2.05) is 13.8 Å². The first kappa shape index (κ1) is 23.2. The molecule has 0 amide bonds. The Morgan fingerprint density at radius 1 is 0.593 bits per heavy atom. The zero-order chi connectivity index (χ0) is 19.6. The van der Waals surface area contributed by atoms with Gasteiger partial charge in [0.15, 0.2) is 0 Å². The molecule has 0 heteroatoms. The standard InChI is InChI=1S/C24H30.C2H6.CH4/c1-14(2)20-11-10-19-12-21-18(13-22(19)24(20)16(5)6)9-8-17(7)23(21)15(3)4;1-2;/h8-16H,1-7H3;1-2H3;1H4. The average molecular weight is 365 g/mol. The second-order valence-electron chi connectivity index (χ2n) is 8.12. The Balaban J connectivity index is 0.00000118. The number of hydrogen-bond acceptors (Lipinski definition) is 0. The zero-order valence-electron chi connectivity index (χ0n) is 18.2. The van der Waals surface area contributed by atoms with Gasteiger partial charge in [-0.15, -0.1) is 0 Å². The van der Waals surface area contributed by atoms with Crippen molar-refractivity contribution in [3.8, 4) is 0 Å². The SMILES string of the molecule is C.CC.Cc1ccc2cc3c(C(C)C)c(C(C)C)ccc3cc2c1C(C)C. The van der Waals surface area contributed by atoms with E-state index in [1.165, 1.54) is 43.8 Å². The molecule has 0 unspecified atom stereocenters. The largest absolute Gasteiger partial charge is 0.0776 e. The van der Waals surface area contributed by atoms with E-state index >= 15 is 0 Å². The smallest absolute Gasteiger partial charge is 0.0140 e. The lowest BCUT2D eigenvalue weighted by molar-refractivity contribution is 0.798. The summed E-state index contributed by atoms with van der Waals surface area (Å²) in [5.41, 5.74) is 5.91. The maximum atomic E-state index is 2.43. The number of rotatable bonds is 3. The highest BCUT2D eigenvalue weighted by Crippen LogP contribution is 2.37. The molecule has 0 radical (unpaired) electrons. The Morgan fingerprint density at radius 3 is 1.48 bits per heavy atom. The van der Waals surface area contributed by atoms with Crippen LogP contribution in [0.1, 0.15) is 103 Å². The monoisotopic (exact) mass is 364 g/mol. The molecule has 0 fully saturated rings. The predicted octanol–water partition coefficient (Wildman–Crippen LogP) is 9.33. The van der Waals surface area contributed by atoms with Crippen molar-refractivity contribution in [2.75, 3.05) is 0 Å². The zero-order valence-corrected chi connectivity index (χ0v) is 18.2.